The van der Waals surface area contributed by atoms with Crippen LogP contribution in [0.15, 0.2) is 173 Å². The summed E-state index contributed by atoms with van der Waals surface area (Å²) in [5.41, 5.74) is -0.548. The van der Waals surface area contributed by atoms with Crippen molar-refractivity contribution in [3.8, 4) is 16.8 Å². The average Bonchev–Trinajstić information content (AvgIpc) is 3.59. The fourth-order valence-corrected chi connectivity index (χ4v) is 7.65. The molecule has 2 aliphatic rings. The van der Waals surface area contributed by atoms with Gasteiger partial charge in [-0.2, -0.15) is 39.5 Å². The number of hydrogen-bond acceptors (Lipinski definition) is 3. The maximum Gasteiger partial charge on any atom is 0.416 e. The van der Waals surface area contributed by atoms with E-state index in [9.17, 15) is 39.5 Å². The Bertz CT molecular complexity index is 3100. The topological polar surface area (TPSA) is 41.7 Å². The zero-order valence-electron chi connectivity index (χ0n) is 31.5. The van der Waals surface area contributed by atoms with E-state index in [0.717, 1.165) is 17.5 Å². The van der Waals surface area contributed by atoms with Crippen LogP contribution in [-0.2, 0) is 12.4 Å². The molecule has 1 aliphatic carbocycles. The van der Waals surface area contributed by atoms with E-state index in [0.29, 0.717) is 73.0 Å². The molecule has 0 saturated carbocycles. The van der Waals surface area contributed by atoms with Gasteiger partial charge in [-0.25, -0.2) is 9.98 Å². The van der Waals surface area contributed by atoms with Crippen LogP contribution in [0.3, 0.4) is 0 Å². The van der Waals surface area contributed by atoms with Gasteiger partial charge in [0.15, 0.2) is 5.84 Å². The van der Waals surface area contributed by atoms with E-state index in [1.54, 1.807) is 36.4 Å². The number of aromatic nitrogens is 1. The third kappa shape index (κ3) is 7.63. The largest absolute Gasteiger partial charge is 0.416 e. The summed E-state index contributed by atoms with van der Waals surface area (Å²) in [6.45, 7) is 0. The standard InChI is InChI=1S/C48H29F9N4/c49-46(50,51)33-15-9-14-31(22-33)37-21-19-36(27-40(37)45-59-43(28-10-3-1-4-11-28)58-44(60-45)29-12-5-2-6-13-29)61-41-17-8-7-16-38(41)39-20-18-30(25-42(39)61)32-23-34(47(52,53)54)26-35(24-32)48(55,56)57/h1-13,15-27H,14H2,(H,58,59,60). The Balaban J connectivity index is 1.34. The Labute approximate surface area is 341 Å². The van der Waals surface area contributed by atoms with Gasteiger partial charge in [0.25, 0.3) is 0 Å². The number of halogens is 9. The normalized spacial score (nSPS) is 16.6. The summed E-state index contributed by atoms with van der Waals surface area (Å²) in [6.07, 6.45) is -11.0. The number of nitrogens with one attached hydrogen (secondary N) is 1. The lowest BCUT2D eigenvalue weighted by molar-refractivity contribution is -0.143. The second kappa shape index (κ2) is 14.8. The van der Waals surface area contributed by atoms with Gasteiger partial charge in [-0.3, -0.25) is 0 Å². The highest BCUT2D eigenvalue weighted by Crippen LogP contribution is 2.41. The Morgan fingerprint density at radius 3 is 1.82 bits per heavy atom. The van der Waals surface area contributed by atoms with E-state index in [2.05, 4.69) is 5.32 Å². The summed E-state index contributed by atoms with van der Waals surface area (Å²) in [6, 6.07) is 37.0. The van der Waals surface area contributed by atoms with Crippen molar-refractivity contribution in [3.05, 3.63) is 196 Å². The van der Waals surface area contributed by atoms with Crippen molar-refractivity contribution in [2.24, 2.45) is 9.98 Å². The molecule has 13 heteroatoms. The molecule has 0 bridgehead atoms. The Hall–Kier alpha value is -7.15. The van der Waals surface area contributed by atoms with Gasteiger partial charge in [0.2, 0.25) is 0 Å². The summed E-state index contributed by atoms with van der Waals surface area (Å²) < 4.78 is 128. The van der Waals surface area contributed by atoms with Gasteiger partial charge in [0.1, 0.15) is 11.7 Å². The maximum absolute atomic E-state index is 14.1. The summed E-state index contributed by atoms with van der Waals surface area (Å²) in [4.78, 5) is 9.78. The van der Waals surface area contributed by atoms with E-state index in [1.807, 2.05) is 77.4 Å². The first-order valence-corrected chi connectivity index (χ1v) is 18.8. The molecule has 6 aromatic carbocycles. The molecule has 2 heterocycles. The zero-order chi connectivity index (χ0) is 42.7. The minimum atomic E-state index is -5.05. The Morgan fingerprint density at radius 1 is 0.508 bits per heavy atom. The molecule has 1 aliphatic heterocycles. The highest BCUT2D eigenvalue weighted by atomic mass is 19.4. The second-order valence-electron chi connectivity index (χ2n) is 14.4. The van der Waals surface area contributed by atoms with Gasteiger partial charge in [-0.1, -0.05) is 109 Å². The SMILES string of the molecule is FC(F)(F)C1=CC(=c2ccc(-n3c4ccccc4c4ccc(-c5cc(C(F)(F)F)cc(C(F)(F)F)c5)cc43)cc2=C2N=C(c3ccccc3)N=C(c3ccccc3)N2)CC=C1. The molecule has 0 amide bonds. The van der Waals surface area contributed by atoms with Crippen molar-refractivity contribution in [1.29, 1.82) is 0 Å². The number of rotatable bonds is 4. The highest BCUT2D eigenvalue weighted by Gasteiger charge is 2.37. The molecule has 9 rings (SSSR count). The van der Waals surface area contributed by atoms with E-state index in [-0.39, 0.29) is 29.4 Å². The number of amidine groups is 2. The number of benzene rings is 6. The Morgan fingerprint density at radius 2 is 1.15 bits per heavy atom. The quantitative estimate of drug-likeness (QED) is 0.176. The molecule has 0 saturated heterocycles. The van der Waals surface area contributed by atoms with Crippen LogP contribution in [0.2, 0.25) is 0 Å². The number of allylic oxidation sites excluding steroid dienone is 4. The summed E-state index contributed by atoms with van der Waals surface area (Å²) in [7, 11) is 0. The molecule has 61 heavy (non-hydrogen) atoms. The summed E-state index contributed by atoms with van der Waals surface area (Å²) >= 11 is 0. The lowest BCUT2D eigenvalue weighted by atomic mass is 9.97. The van der Waals surface area contributed by atoms with Crippen LogP contribution in [-0.4, -0.2) is 22.4 Å². The van der Waals surface area contributed by atoms with Gasteiger partial charge >= 0.3 is 18.5 Å². The second-order valence-corrected chi connectivity index (χ2v) is 14.4. The number of aliphatic imine (C=N–C) groups is 2. The molecule has 0 spiro atoms. The number of alkyl halides is 9. The molecule has 4 nitrogen and oxygen atoms in total. The van der Waals surface area contributed by atoms with Gasteiger partial charge in [-0.05, 0) is 76.9 Å². The molecule has 0 unspecified atom stereocenters. The van der Waals surface area contributed by atoms with Crippen LogP contribution in [0.4, 0.5) is 39.5 Å². The minimum absolute atomic E-state index is 0.0889. The van der Waals surface area contributed by atoms with Crippen molar-refractivity contribution in [1.82, 2.24) is 9.88 Å². The third-order valence-electron chi connectivity index (χ3n) is 10.5. The van der Waals surface area contributed by atoms with Crippen LogP contribution < -0.4 is 15.8 Å². The molecule has 304 valence electrons. The maximum atomic E-state index is 14.1. The van der Waals surface area contributed by atoms with Crippen LogP contribution >= 0.6 is 0 Å². The predicted molar refractivity (Wildman–Crippen MR) is 219 cm³/mol. The van der Waals surface area contributed by atoms with Crippen molar-refractivity contribution >= 4 is 44.9 Å². The minimum Gasteiger partial charge on any atom is -0.324 e. The van der Waals surface area contributed by atoms with Crippen molar-refractivity contribution in [3.63, 3.8) is 0 Å². The predicted octanol–water partition coefficient (Wildman–Crippen LogP) is 11.7. The molecular formula is C48H29F9N4. The lowest BCUT2D eigenvalue weighted by Crippen LogP contribution is -2.38. The van der Waals surface area contributed by atoms with Crippen LogP contribution in [0.25, 0.3) is 50.0 Å². The van der Waals surface area contributed by atoms with Crippen LogP contribution in [0.1, 0.15) is 28.7 Å². The monoisotopic (exact) mass is 832 g/mol. The van der Waals surface area contributed by atoms with Crippen LogP contribution in [0, 0.1) is 0 Å². The number of hydrogen-bond donors (Lipinski definition) is 1. The first-order valence-electron chi connectivity index (χ1n) is 18.8. The van der Waals surface area contributed by atoms with Crippen molar-refractivity contribution in [2.45, 2.75) is 24.9 Å². The van der Waals surface area contributed by atoms with Gasteiger partial charge in [0, 0.05) is 32.8 Å². The molecule has 7 aromatic rings. The molecule has 1 N–H and O–H groups in total. The third-order valence-corrected chi connectivity index (χ3v) is 10.5. The van der Waals surface area contributed by atoms with Crippen molar-refractivity contribution in [2.75, 3.05) is 0 Å². The molecular weight excluding hydrogens is 804 g/mol. The van der Waals surface area contributed by atoms with Crippen LogP contribution in [0.5, 0.6) is 0 Å². The van der Waals surface area contributed by atoms with E-state index in [4.69, 9.17) is 9.98 Å². The molecule has 0 atom stereocenters. The fourth-order valence-electron chi connectivity index (χ4n) is 7.65. The van der Waals surface area contributed by atoms with E-state index >= 15 is 0 Å². The van der Waals surface area contributed by atoms with Gasteiger partial charge in [0.05, 0.1) is 27.7 Å². The number of nitrogens with zero attached hydrogens (tertiary/aromatic N) is 3. The fraction of sp³-hybridized carbons (Fsp3) is 0.0833. The smallest absolute Gasteiger partial charge is 0.324 e. The highest BCUT2D eigenvalue weighted by molar-refractivity contribution is 6.16. The van der Waals surface area contributed by atoms with Gasteiger partial charge in [-0.15, -0.1) is 0 Å². The average molecular weight is 833 g/mol. The Kier molecular flexibility index (Phi) is 9.57. The zero-order valence-corrected chi connectivity index (χ0v) is 31.5. The molecule has 0 radical (unpaired) electrons. The first-order chi connectivity index (χ1) is 29.1. The lowest BCUT2D eigenvalue weighted by Gasteiger charge is -2.19. The summed E-state index contributed by atoms with van der Waals surface area (Å²) in [5.74, 6) is 1.05. The van der Waals surface area contributed by atoms with Gasteiger partial charge < -0.3 is 9.88 Å². The molecule has 1 aromatic heterocycles. The first kappa shape index (κ1) is 39.3. The number of para-hydroxylation sites is 1. The summed E-state index contributed by atoms with van der Waals surface area (Å²) in [5, 5.41) is 5.58. The molecule has 0 fully saturated rings. The van der Waals surface area contributed by atoms with Crippen molar-refractivity contribution < 1.29 is 39.5 Å². The van der Waals surface area contributed by atoms with E-state index in [1.165, 1.54) is 18.2 Å². The van der Waals surface area contributed by atoms with E-state index < -0.39 is 35.2 Å². The number of fused-ring (bicyclic) bond motifs is 3.